The van der Waals surface area contributed by atoms with Gasteiger partial charge in [0.05, 0.1) is 12.1 Å². The van der Waals surface area contributed by atoms with E-state index in [0.717, 1.165) is 13.2 Å². The Balaban J connectivity index is 2.15. The van der Waals surface area contributed by atoms with E-state index >= 15 is 0 Å². The normalized spacial score (nSPS) is 23.2. The average molecular weight is 225 g/mol. The van der Waals surface area contributed by atoms with Crippen molar-refractivity contribution in [2.75, 3.05) is 13.2 Å². The molecule has 0 saturated carbocycles. The summed E-state index contributed by atoms with van der Waals surface area (Å²) in [5, 5.41) is 5.72. The van der Waals surface area contributed by atoms with E-state index < -0.39 is 0 Å². The second kappa shape index (κ2) is 5.10. The summed E-state index contributed by atoms with van der Waals surface area (Å²) in [5.41, 5.74) is 1.39. The largest absolute Gasteiger partial charge is 0.376 e. The van der Waals surface area contributed by atoms with E-state index in [9.17, 15) is 0 Å². The van der Waals surface area contributed by atoms with E-state index in [0.29, 0.717) is 12.1 Å². The molecule has 15 heavy (non-hydrogen) atoms. The van der Waals surface area contributed by atoms with Gasteiger partial charge in [-0.25, -0.2) is 0 Å². The van der Waals surface area contributed by atoms with Crippen LogP contribution in [0, 0.1) is 6.92 Å². The molecule has 2 rings (SSSR count). The Hall–Kier alpha value is -0.380. The molecule has 0 aliphatic carbocycles. The maximum Gasteiger partial charge on any atom is 0.0778 e. The minimum atomic E-state index is 0.377. The summed E-state index contributed by atoms with van der Waals surface area (Å²) < 4.78 is 5.79. The van der Waals surface area contributed by atoms with Gasteiger partial charge in [0, 0.05) is 11.5 Å². The molecule has 1 aliphatic rings. The number of hydrogen-bond acceptors (Lipinski definition) is 3. The fourth-order valence-electron chi connectivity index (χ4n) is 2.18. The van der Waals surface area contributed by atoms with Crippen molar-refractivity contribution in [1.29, 1.82) is 0 Å². The summed E-state index contributed by atoms with van der Waals surface area (Å²) in [4.78, 5) is 1.45. The van der Waals surface area contributed by atoms with Crippen LogP contribution in [0.3, 0.4) is 0 Å². The van der Waals surface area contributed by atoms with Gasteiger partial charge in [-0.3, -0.25) is 0 Å². The van der Waals surface area contributed by atoms with Crippen molar-refractivity contribution in [3.63, 3.8) is 0 Å². The van der Waals surface area contributed by atoms with Gasteiger partial charge in [0.2, 0.25) is 0 Å². The molecule has 2 heterocycles. The lowest BCUT2D eigenvalue weighted by molar-refractivity contribution is 0.0797. The summed E-state index contributed by atoms with van der Waals surface area (Å²) in [6.45, 7) is 6.27. The van der Waals surface area contributed by atoms with Crippen molar-refractivity contribution in [3.05, 3.63) is 21.9 Å². The van der Waals surface area contributed by atoms with E-state index in [2.05, 4.69) is 30.6 Å². The average Bonchev–Trinajstić information content (AvgIpc) is 2.85. The quantitative estimate of drug-likeness (QED) is 0.850. The SMILES string of the molecule is CCNC(c1sccc1C)C1CCCO1. The summed E-state index contributed by atoms with van der Waals surface area (Å²) in [6, 6.07) is 2.59. The highest BCUT2D eigenvalue weighted by molar-refractivity contribution is 7.10. The van der Waals surface area contributed by atoms with E-state index in [-0.39, 0.29) is 0 Å². The van der Waals surface area contributed by atoms with Crippen molar-refractivity contribution in [1.82, 2.24) is 5.32 Å². The summed E-state index contributed by atoms with van der Waals surface area (Å²) in [5.74, 6) is 0. The van der Waals surface area contributed by atoms with Crippen molar-refractivity contribution >= 4 is 11.3 Å². The smallest absolute Gasteiger partial charge is 0.0778 e. The first kappa shape index (κ1) is 11.1. The Morgan fingerprint density at radius 1 is 1.67 bits per heavy atom. The first-order valence-corrected chi connectivity index (χ1v) is 6.60. The minimum Gasteiger partial charge on any atom is -0.376 e. The third-order valence-corrected chi connectivity index (χ3v) is 4.05. The molecule has 1 fully saturated rings. The van der Waals surface area contributed by atoms with Crippen LogP contribution in [-0.4, -0.2) is 19.3 Å². The van der Waals surface area contributed by atoms with Crippen LogP contribution in [0.4, 0.5) is 0 Å². The highest BCUT2D eigenvalue weighted by Gasteiger charge is 2.28. The predicted molar refractivity (Wildman–Crippen MR) is 64.4 cm³/mol. The van der Waals surface area contributed by atoms with Crippen molar-refractivity contribution in [2.45, 2.75) is 38.8 Å². The zero-order chi connectivity index (χ0) is 10.7. The molecule has 0 amide bonds. The van der Waals surface area contributed by atoms with Crippen LogP contribution in [0.5, 0.6) is 0 Å². The van der Waals surface area contributed by atoms with E-state index in [1.54, 1.807) is 0 Å². The lowest BCUT2D eigenvalue weighted by Crippen LogP contribution is -2.31. The Labute approximate surface area is 95.6 Å². The molecule has 1 N–H and O–H groups in total. The molecule has 84 valence electrons. The lowest BCUT2D eigenvalue weighted by Gasteiger charge is -2.23. The maximum absolute atomic E-state index is 5.79. The number of aryl methyl sites for hydroxylation is 1. The van der Waals surface area contributed by atoms with E-state index in [1.807, 2.05) is 11.3 Å². The lowest BCUT2D eigenvalue weighted by atomic mass is 10.0. The van der Waals surface area contributed by atoms with Crippen molar-refractivity contribution in [3.8, 4) is 0 Å². The number of rotatable bonds is 4. The molecule has 1 aromatic heterocycles. The molecule has 2 nitrogen and oxygen atoms in total. The van der Waals surface area contributed by atoms with Crippen LogP contribution in [0.25, 0.3) is 0 Å². The molecule has 0 bridgehead atoms. The fourth-order valence-corrected chi connectivity index (χ4v) is 3.24. The number of likely N-dealkylation sites (N-methyl/N-ethyl adjacent to an activating group) is 1. The third-order valence-electron chi connectivity index (χ3n) is 2.94. The maximum atomic E-state index is 5.79. The topological polar surface area (TPSA) is 21.3 Å². The van der Waals surface area contributed by atoms with Crippen LogP contribution in [0.15, 0.2) is 11.4 Å². The molecule has 0 aromatic carbocycles. The van der Waals surface area contributed by atoms with Gasteiger partial charge in [0.25, 0.3) is 0 Å². The first-order valence-electron chi connectivity index (χ1n) is 5.72. The van der Waals surface area contributed by atoms with Gasteiger partial charge in [-0.05, 0) is 43.3 Å². The minimum absolute atomic E-state index is 0.377. The van der Waals surface area contributed by atoms with Crippen molar-refractivity contribution < 1.29 is 4.74 Å². The standard InChI is InChI=1S/C12H19NOS/c1-3-13-11(10-5-4-7-14-10)12-9(2)6-8-15-12/h6,8,10-11,13H,3-5,7H2,1-2H3. The summed E-state index contributed by atoms with van der Waals surface area (Å²) in [7, 11) is 0. The van der Waals surface area contributed by atoms with Crippen LogP contribution in [0.1, 0.15) is 36.2 Å². The number of nitrogens with one attached hydrogen (secondary N) is 1. The number of hydrogen-bond donors (Lipinski definition) is 1. The number of ether oxygens (including phenoxy) is 1. The van der Waals surface area contributed by atoms with Gasteiger partial charge in [0.1, 0.15) is 0 Å². The zero-order valence-corrected chi connectivity index (χ0v) is 10.3. The monoisotopic (exact) mass is 225 g/mol. The Morgan fingerprint density at radius 3 is 3.07 bits per heavy atom. The highest BCUT2D eigenvalue weighted by Crippen LogP contribution is 2.31. The van der Waals surface area contributed by atoms with Gasteiger partial charge in [-0.15, -0.1) is 11.3 Å². The van der Waals surface area contributed by atoms with Gasteiger partial charge < -0.3 is 10.1 Å². The second-order valence-corrected chi connectivity index (χ2v) is 5.00. The number of thiophene rings is 1. The van der Waals surface area contributed by atoms with Crippen LogP contribution < -0.4 is 5.32 Å². The molecule has 0 spiro atoms. The molecule has 2 unspecified atom stereocenters. The van der Waals surface area contributed by atoms with Crippen LogP contribution >= 0.6 is 11.3 Å². The molecule has 1 aromatic rings. The van der Waals surface area contributed by atoms with Crippen LogP contribution in [0.2, 0.25) is 0 Å². The van der Waals surface area contributed by atoms with Gasteiger partial charge in [-0.1, -0.05) is 6.92 Å². The molecular formula is C12H19NOS. The van der Waals surface area contributed by atoms with E-state index in [4.69, 9.17) is 4.74 Å². The molecule has 2 atom stereocenters. The molecule has 1 saturated heterocycles. The first-order chi connectivity index (χ1) is 7.33. The Kier molecular flexibility index (Phi) is 3.78. The molecular weight excluding hydrogens is 206 g/mol. The Bertz CT molecular complexity index is 304. The van der Waals surface area contributed by atoms with Gasteiger partial charge >= 0.3 is 0 Å². The van der Waals surface area contributed by atoms with Gasteiger partial charge in [0.15, 0.2) is 0 Å². The molecule has 3 heteroatoms. The highest BCUT2D eigenvalue weighted by atomic mass is 32.1. The zero-order valence-electron chi connectivity index (χ0n) is 9.45. The van der Waals surface area contributed by atoms with Gasteiger partial charge in [-0.2, -0.15) is 0 Å². The Morgan fingerprint density at radius 2 is 2.53 bits per heavy atom. The third kappa shape index (κ3) is 2.41. The van der Waals surface area contributed by atoms with Crippen molar-refractivity contribution in [2.24, 2.45) is 0 Å². The second-order valence-electron chi connectivity index (χ2n) is 4.05. The molecule has 1 aliphatic heterocycles. The molecule has 0 radical (unpaired) electrons. The summed E-state index contributed by atoms with van der Waals surface area (Å²) in [6.07, 6.45) is 2.77. The summed E-state index contributed by atoms with van der Waals surface area (Å²) >= 11 is 1.84. The van der Waals surface area contributed by atoms with Crippen LogP contribution in [-0.2, 0) is 4.74 Å². The van der Waals surface area contributed by atoms with E-state index in [1.165, 1.54) is 23.3 Å². The predicted octanol–water partition coefficient (Wildman–Crippen LogP) is 2.89. The fraction of sp³-hybridized carbons (Fsp3) is 0.667.